The summed E-state index contributed by atoms with van der Waals surface area (Å²) in [6, 6.07) is 4.44. The van der Waals surface area contributed by atoms with Crippen molar-refractivity contribution in [1.82, 2.24) is 0 Å². The molecular formula is C14H21ClFNO. The van der Waals surface area contributed by atoms with Crippen LogP contribution < -0.4 is 5.73 Å². The molecule has 0 fully saturated rings. The van der Waals surface area contributed by atoms with E-state index in [0.717, 1.165) is 12.8 Å². The smallest absolute Gasteiger partial charge is 0.127 e. The lowest BCUT2D eigenvalue weighted by Gasteiger charge is -2.36. The Morgan fingerprint density at radius 2 is 2.00 bits per heavy atom. The summed E-state index contributed by atoms with van der Waals surface area (Å²) in [5.74, 6) is -0.310. The van der Waals surface area contributed by atoms with E-state index < -0.39 is 5.60 Å². The molecule has 4 heteroatoms. The molecular weight excluding hydrogens is 253 g/mol. The summed E-state index contributed by atoms with van der Waals surface area (Å²) in [6.45, 7) is 4.07. The predicted molar refractivity (Wildman–Crippen MR) is 73.4 cm³/mol. The molecule has 0 radical (unpaired) electrons. The fraction of sp³-hybridized carbons (Fsp3) is 0.571. The molecule has 0 spiro atoms. The van der Waals surface area contributed by atoms with Gasteiger partial charge in [0.15, 0.2) is 0 Å². The topological polar surface area (TPSA) is 35.2 Å². The second-order valence-electron chi connectivity index (χ2n) is 4.52. The van der Waals surface area contributed by atoms with Crippen molar-refractivity contribution in [2.24, 2.45) is 5.73 Å². The van der Waals surface area contributed by atoms with Gasteiger partial charge in [0, 0.05) is 18.2 Å². The fourth-order valence-electron chi connectivity index (χ4n) is 2.32. The Kier molecular flexibility index (Phi) is 5.57. The Balaban J connectivity index is 2.89. The van der Waals surface area contributed by atoms with Gasteiger partial charge in [-0.2, -0.15) is 0 Å². The monoisotopic (exact) mass is 273 g/mol. The van der Waals surface area contributed by atoms with E-state index in [1.165, 1.54) is 6.07 Å². The van der Waals surface area contributed by atoms with E-state index in [1.807, 2.05) is 13.8 Å². The number of hydrogen-bond donors (Lipinski definition) is 1. The van der Waals surface area contributed by atoms with E-state index in [9.17, 15) is 4.39 Å². The van der Waals surface area contributed by atoms with Gasteiger partial charge in [-0.15, -0.1) is 0 Å². The van der Waals surface area contributed by atoms with Crippen LogP contribution >= 0.6 is 11.6 Å². The van der Waals surface area contributed by atoms with Crippen molar-refractivity contribution in [3.63, 3.8) is 0 Å². The van der Waals surface area contributed by atoms with Crippen molar-refractivity contribution in [1.29, 1.82) is 0 Å². The van der Waals surface area contributed by atoms with Crippen LogP contribution in [0.4, 0.5) is 4.39 Å². The minimum atomic E-state index is -0.397. The number of ether oxygens (including phenoxy) is 1. The summed E-state index contributed by atoms with van der Waals surface area (Å²) in [4.78, 5) is 0. The molecule has 0 aliphatic rings. The molecule has 0 aliphatic carbocycles. The van der Waals surface area contributed by atoms with Crippen LogP contribution in [-0.4, -0.2) is 18.8 Å². The third-order valence-corrected chi connectivity index (χ3v) is 3.97. The number of halogens is 2. The Morgan fingerprint density at radius 3 is 2.44 bits per heavy atom. The molecule has 0 saturated carbocycles. The van der Waals surface area contributed by atoms with Gasteiger partial charge in [-0.25, -0.2) is 4.39 Å². The minimum absolute atomic E-state index is 0.242. The lowest BCUT2D eigenvalue weighted by atomic mass is 9.85. The van der Waals surface area contributed by atoms with Crippen molar-refractivity contribution in [2.45, 2.75) is 44.8 Å². The van der Waals surface area contributed by atoms with Gasteiger partial charge in [0.25, 0.3) is 0 Å². The molecule has 1 aromatic carbocycles. The van der Waals surface area contributed by atoms with Crippen LogP contribution in [0.25, 0.3) is 0 Å². The van der Waals surface area contributed by atoms with Crippen LogP contribution in [0.15, 0.2) is 18.2 Å². The zero-order valence-corrected chi connectivity index (χ0v) is 11.9. The van der Waals surface area contributed by atoms with Crippen LogP contribution in [0.5, 0.6) is 0 Å². The molecule has 102 valence electrons. The molecule has 0 saturated heterocycles. The van der Waals surface area contributed by atoms with Crippen molar-refractivity contribution < 1.29 is 9.13 Å². The first-order chi connectivity index (χ1) is 8.49. The highest BCUT2D eigenvalue weighted by Crippen LogP contribution is 2.26. The van der Waals surface area contributed by atoms with Crippen molar-refractivity contribution in [3.05, 3.63) is 34.6 Å². The second kappa shape index (κ2) is 6.50. The summed E-state index contributed by atoms with van der Waals surface area (Å²) >= 11 is 5.73. The molecule has 0 aromatic heterocycles. The number of benzene rings is 1. The van der Waals surface area contributed by atoms with Crippen molar-refractivity contribution >= 4 is 11.6 Å². The molecule has 0 amide bonds. The van der Waals surface area contributed by atoms with E-state index in [4.69, 9.17) is 22.1 Å². The summed E-state index contributed by atoms with van der Waals surface area (Å²) in [6.07, 6.45) is 2.05. The fourth-order valence-corrected chi connectivity index (χ4v) is 2.48. The van der Waals surface area contributed by atoms with E-state index in [1.54, 1.807) is 19.2 Å². The molecule has 1 aromatic rings. The van der Waals surface area contributed by atoms with Gasteiger partial charge in [0.2, 0.25) is 0 Å². The third-order valence-electron chi connectivity index (χ3n) is 3.73. The second-order valence-corrected chi connectivity index (χ2v) is 4.96. The number of methoxy groups -OCH3 is 1. The first-order valence-corrected chi connectivity index (χ1v) is 6.61. The van der Waals surface area contributed by atoms with E-state index >= 15 is 0 Å². The lowest BCUT2D eigenvalue weighted by molar-refractivity contribution is -0.0375. The maximum atomic E-state index is 13.7. The van der Waals surface area contributed by atoms with E-state index in [0.29, 0.717) is 17.0 Å². The lowest BCUT2D eigenvalue weighted by Crippen LogP contribution is -2.50. The number of rotatable bonds is 6. The van der Waals surface area contributed by atoms with Crippen LogP contribution in [0.3, 0.4) is 0 Å². The van der Waals surface area contributed by atoms with Gasteiger partial charge in [0.1, 0.15) is 5.82 Å². The van der Waals surface area contributed by atoms with Crippen molar-refractivity contribution in [3.8, 4) is 0 Å². The largest absolute Gasteiger partial charge is 0.377 e. The molecule has 2 N–H and O–H groups in total. The van der Waals surface area contributed by atoms with Crippen LogP contribution in [0.2, 0.25) is 5.02 Å². The molecule has 18 heavy (non-hydrogen) atoms. The van der Waals surface area contributed by atoms with E-state index in [-0.39, 0.29) is 11.9 Å². The summed E-state index contributed by atoms with van der Waals surface area (Å²) in [7, 11) is 1.66. The predicted octanol–water partition coefficient (Wildman–Crippen LogP) is 3.55. The summed E-state index contributed by atoms with van der Waals surface area (Å²) < 4.78 is 19.3. The van der Waals surface area contributed by atoms with Gasteiger partial charge < -0.3 is 10.5 Å². The Morgan fingerprint density at radius 1 is 1.39 bits per heavy atom. The molecule has 0 bridgehead atoms. The van der Waals surface area contributed by atoms with Crippen LogP contribution in [0, 0.1) is 5.82 Å². The molecule has 0 heterocycles. The highest BCUT2D eigenvalue weighted by Gasteiger charge is 2.33. The average Bonchev–Trinajstić information content (AvgIpc) is 2.36. The summed E-state index contributed by atoms with van der Waals surface area (Å²) in [5.41, 5.74) is 6.38. The summed E-state index contributed by atoms with van der Waals surface area (Å²) in [5, 5.41) is 0.397. The van der Waals surface area contributed by atoms with Gasteiger partial charge in [0.05, 0.1) is 5.60 Å². The average molecular weight is 274 g/mol. The Hall–Kier alpha value is -0.640. The molecule has 1 rings (SSSR count). The van der Waals surface area contributed by atoms with Crippen LogP contribution in [0.1, 0.15) is 32.3 Å². The first-order valence-electron chi connectivity index (χ1n) is 6.23. The Labute approximate surface area is 113 Å². The first kappa shape index (κ1) is 15.4. The van der Waals surface area contributed by atoms with Gasteiger partial charge in [-0.05, 0) is 37.0 Å². The number of nitrogens with two attached hydrogens (primary N) is 1. The molecule has 1 unspecified atom stereocenters. The van der Waals surface area contributed by atoms with Gasteiger partial charge in [-0.3, -0.25) is 0 Å². The molecule has 0 aliphatic heterocycles. The minimum Gasteiger partial charge on any atom is -0.377 e. The van der Waals surface area contributed by atoms with E-state index in [2.05, 4.69) is 0 Å². The maximum Gasteiger partial charge on any atom is 0.127 e. The zero-order valence-electron chi connectivity index (χ0n) is 11.2. The van der Waals surface area contributed by atoms with Gasteiger partial charge >= 0.3 is 0 Å². The molecule has 1 atom stereocenters. The number of hydrogen-bond acceptors (Lipinski definition) is 2. The SMILES string of the molecule is CCC(CC)(OC)C(N)Cc1ccc(Cl)cc1F. The highest BCUT2D eigenvalue weighted by molar-refractivity contribution is 6.30. The zero-order chi connectivity index (χ0) is 13.8. The normalized spacial score (nSPS) is 13.7. The highest BCUT2D eigenvalue weighted by atomic mass is 35.5. The third kappa shape index (κ3) is 3.22. The quantitative estimate of drug-likeness (QED) is 0.860. The standard InChI is InChI=1S/C14H21ClFNO/c1-4-14(5-2,18-3)13(17)8-10-6-7-11(15)9-12(10)16/h6-7,9,13H,4-5,8,17H2,1-3H3. The van der Waals surface area contributed by atoms with Crippen LogP contribution in [-0.2, 0) is 11.2 Å². The Bertz CT molecular complexity index is 385. The molecule has 2 nitrogen and oxygen atoms in total. The van der Waals surface area contributed by atoms with Gasteiger partial charge in [-0.1, -0.05) is 31.5 Å². The maximum absolute atomic E-state index is 13.7. The van der Waals surface area contributed by atoms with Crippen molar-refractivity contribution in [2.75, 3.05) is 7.11 Å².